The number of nitrogens with zero attached hydrogens (tertiary/aromatic N) is 2. The first-order valence-corrected chi connectivity index (χ1v) is 8.53. The number of alkyl halides is 3. The van der Waals surface area contributed by atoms with Crippen molar-refractivity contribution in [1.82, 2.24) is 0 Å². The molecular weight excluding hydrogens is 346 g/mol. The summed E-state index contributed by atoms with van der Waals surface area (Å²) in [6.07, 6.45) is -3.53. The zero-order chi connectivity index (χ0) is 18.7. The van der Waals surface area contributed by atoms with Gasteiger partial charge in [-0.05, 0) is 48.9 Å². The van der Waals surface area contributed by atoms with Crippen LogP contribution in [0.1, 0.15) is 12.0 Å². The Labute approximate surface area is 150 Å². The lowest BCUT2D eigenvalue weighted by Gasteiger charge is -2.25. The minimum atomic E-state index is -4.33. The zero-order valence-electron chi connectivity index (χ0n) is 14.5. The summed E-state index contributed by atoms with van der Waals surface area (Å²) >= 11 is 0. The first-order chi connectivity index (χ1) is 12.4. The fourth-order valence-corrected chi connectivity index (χ4v) is 3.20. The van der Waals surface area contributed by atoms with E-state index in [2.05, 4.69) is 5.32 Å². The Kier molecular flexibility index (Phi) is 5.25. The molecule has 1 aliphatic heterocycles. The van der Waals surface area contributed by atoms with Gasteiger partial charge in [0.15, 0.2) is 0 Å². The van der Waals surface area contributed by atoms with E-state index in [4.69, 9.17) is 0 Å². The van der Waals surface area contributed by atoms with Crippen LogP contribution in [-0.2, 0) is 6.18 Å². The molecule has 1 heterocycles. The number of benzene rings is 2. The predicted molar refractivity (Wildman–Crippen MR) is 96.4 cm³/mol. The molecule has 2 aromatic carbocycles. The van der Waals surface area contributed by atoms with Crippen LogP contribution in [0.2, 0.25) is 0 Å². The van der Waals surface area contributed by atoms with E-state index in [1.165, 1.54) is 18.2 Å². The van der Waals surface area contributed by atoms with Crippen molar-refractivity contribution in [3.05, 3.63) is 53.8 Å². The number of hydrogen-bond acceptors (Lipinski definition) is 3. The summed E-state index contributed by atoms with van der Waals surface area (Å²) < 4.78 is 52.4. The Hall–Kier alpha value is -2.44. The molecule has 0 atom stereocenters. The van der Waals surface area contributed by atoms with E-state index < -0.39 is 11.7 Å². The molecule has 0 unspecified atom stereocenters. The van der Waals surface area contributed by atoms with E-state index in [1.807, 2.05) is 15.9 Å². The molecule has 2 aromatic rings. The van der Waals surface area contributed by atoms with Crippen LogP contribution < -0.4 is 15.1 Å². The van der Waals surface area contributed by atoms with Gasteiger partial charge in [0.1, 0.15) is 5.82 Å². The van der Waals surface area contributed by atoms with E-state index in [1.54, 1.807) is 13.1 Å². The highest BCUT2D eigenvalue weighted by Crippen LogP contribution is 2.31. The fourth-order valence-electron chi connectivity index (χ4n) is 3.20. The Bertz CT molecular complexity index is 743. The molecule has 0 amide bonds. The van der Waals surface area contributed by atoms with E-state index in [0.717, 1.165) is 30.8 Å². The second-order valence-electron chi connectivity index (χ2n) is 6.29. The lowest BCUT2D eigenvalue weighted by atomic mass is 10.2. The van der Waals surface area contributed by atoms with Crippen LogP contribution in [0.25, 0.3) is 0 Å². The highest BCUT2D eigenvalue weighted by molar-refractivity contribution is 5.57. The molecule has 1 aliphatic rings. The van der Waals surface area contributed by atoms with Gasteiger partial charge < -0.3 is 15.1 Å². The van der Waals surface area contributed by atoms with Crippen LogP contribution in [0.15, 0.2) is 42.5 Å². The van der Waals surface area contributed by atoms with Crippen molar-refractivity contribution < 1.29 is 17.6 Å². The molecule has 1 N–H and O–H groups in total. The number of rotatable bonds is 3. The van der Waals surface area contributed by atoms with Crippen molar-refractivity contribution in [2.24, 2.45) is 0 Å². The second kappa shape index (κ2) is 7.43. The third-order valence-corrected chi connectivity index (χ3v) is 4.63. The Morgan fingerprint density at radius 2 is 1.54 bits per heavy atom. The van der Waals surface area contributed by atoms with Crippen LogP contribution in [0.3, 0.4) is 0 Å². The summed E-state index contributed by atoms with van der Waals surface area (Å²) in [5.74, 6) is -0.278. The van der Waals surface area contributed by atoms with E-state index in [0.29, 0.717) is 31.0 Å². The van der Waals surface area contributed by atoms with Gasteiger partial charge in [-0.1, -0.05) is 0 Å². The van der Waals surface area contributed by atoms with Gasteiger partial charge in [0.25, 0.3) is 0 Å². The van der Waals surface area contributed by atoms with Crippen molar-refractivity contribution in [2.45, 2.75) is 12.6 Å². The first-order valence-electron chi connectivity index (χ1n) is 8.53. The molecule has 0 spiro atoms. The predicted octanol–water partition coefficient (Wildman–Crippen LogP) is 4.60. The monoisotopic (exact) mass is 367 g/mol. The van der Waals surface area contributed by atoms with Gasteiger partial charge in [0.2, 0.25) is 0 Å². The Balaban J connectivity index is 1.70. The molecule has 26 heavy (non-hydrogen) atoms. The third-order valence-electron chi connectivity index (χ3n) is 4.63. The van der Waals surface area contributed by atoms with Crippen molar-refractivity contribution in [3.63, 3.8) is 0 Å². The van der Waals surface area contributed by atoms with Crippen LogP contribution in [-0.4, -0.2) is 33.2 Å². The second-order valence-corrected chi connectivity index (χ2v) is 6.29. The topological polar surface area (TPSA) is 18.5 Å². The molecular formula is C19H21F4N3. The van der Waals surface area contributed by atoms with E-state index in [-0.39, 0.29) is 5.82 Å². The van der Waals surface area contributed by atoms with Gasteiger partial charge in [-0.25, -0.2) is 4.39 Å². The Morgan fingerprint density at radius 1 is 0.885 bits per heavy atom. The standard InChI is InChI=1S/C19H21F4N3/c1-24-15-5-8-18(17(20)13-15)26-10-2-9-25(11-12-26)16-6-3-14(4-7-16)19(21,22)23/h3-8,13,24H,2,9-12H2,1H3. The molecule has 3 nitrogen and oxygen atoms in total. The highest BCUT2D eigenvalue weighted by Gasteiger charge is 2.30. The van der Waals surface area contributed by atoms with Crippen LogP contribution in [0.4, 0.5) is 34.6 Å². The number of hydrogen-bond donors (Lipinski definition) is 1. The highest BCUT2D eigenvalue weighted by atomic mass is 19.4. The molecule has 0 bridgehead atoms. The molecule has 140 valence electrons. The summed E-state index contributed by atoms with van der Waals surface area (Å²) in [7, 11) is 1.74. The molecule has 7 heteroatoms. The molecule has 1 fully saturated rings. The minimum Gasteiger partial charge on any atom is -0.388 e. The molecule has 0 saturated carbocycles. The summed E-state index contributed by atoms with van der Waals surface area (Å²) in [5, 5.41) is 2.91. The SMILES string of the molecule is CNc1ccc(N2CCCN(c3ccc(C(F)(F)F)cc3)CC2)c(F)c1. The number of halogens is 4. The number of nitrogens with one attached hydrogen (secondary N) is 1. The van der Waals surface area contributed by atoms with Crippen molar-refractivity contribution in [3.8, 4) is 0 Å². The molecule has 0 aliphatic carbocycles. The maximum atomic E-state index is 14.3. The molecule has 1 saturated heterocycles. The quantitative estimate of drug-likeness (QED) is 0.800. The number of anilines is 3. The normalized spacial score (nSPS) is 15.7. The smallest absolute Gasteiger partial charge is 0.388 e. The first kappa shape index (κ1) is 18.4. The van der Waals surface area contributed by atoms with Gasteiger partial charge in [-0.15, -0.1) is 0 Å². The average Bonchev–Trinajstić information content (AvgIpc) is 2.87. The molecule has 0 radical (unpaired) electrons. The third kappa shape index (κ3) is 4.03. The van der Waals surface area contributed by atoms with Crippen LogP contribution in [0, 0.1) is 5.82 Å². The van der Waals surface area contributed by atoms with Gasteiger partial charge in [0.05, 0.1) is 11.3 Å². The van der Waals surface area contributed by atoms with Crippen molar-refractivity contribution >= 4 is 17.1 Å². The molecule has 0 aromatic heterocycles. The van der Waals surface area contributed by atoms with Crippen LogP contribution in [0.5, 0.6) is 0 Å². The lowest BCUT2D eigenvalue weighted by Crippen LogP contribution is -2.31. The van der Waals surface area contributed by atoms with Crippen molar-refractivity contribution in [1.29, 1.82) is 0 Å². The average molecular weight is 367 g/mol. The lowest BCUT2D eigenvalue weighted by molar-refractivity contribution is -0.137. The van der Waals surface area contributed by atoms with Gasteiger partial charge in [-0.2, -0.15) is 13.2 Å². The zero-order valence-corrected chi connectivity index (χ0v) is 14.5. The largest absolute Gasteiger partial charge is 0.416 e. The summed E-state index contributed by atoms with van der Waals surface area (Å²) in [6.45, 7) is 2.65. The maximum absolute atomic E-state index is 14.3. The van der Waals surface area contributed by atoms with Gasteiger partial charge in [0, 0.05) is 44.6 Å². The summed E-state index contributed by atoms with van der Waals surface area (Å²) in [4.78, 5) is 4.03. The van der Waals surface area contributed by atoms with E-state index >= 15 is 0 Å². The van der Waals surface area contributed by atoms with Crippen LogP contribution >= 0.6 is 0 Å². The minimum absolute atomic E-state index is 0.278. The maximum Gasteiger partial charge on any atom is 0.416 e. The summed E-state index contributed by atoms with van der Waals surface area (Å²) in [6, 6.07) is 10.3. The molecule has 3 rings (SSSR count). The fraction of sp³-hybridized carbons (Fsp3) is 0.368. The van der Waals surface area contributed by atoms with Gasteiger partial charge >= 0.3 is 6.18 Å². The Morgan fingerprint density at radius 3 is 2.15 bits per heavy atom. The van der Waals surface area contributed by atoms with E-state index in [9.17, 15) is 17.6 Å². The van der Waals surface area contributed by atoms with Crippen molar-refractivity contribution in [2.75, 3.05) is 48.3 Å². The van der Waals surface area contributed by atoms with Gasteiger partial charge in [-0.3, -0.25) is 0 Å². The summed E-state index contributed by atoms with van der Waals surface area (Å²) in [5.41, 5.74) is 1.38.